The third-order valence-electron chi connectivity index (χ3n) is 3.76. The summed E-state index contributed by atoms with van der Waals surface area (Å²) in [5.41, 5.74) is 4.54. The van der Waals surface area contributed by atoms with Crippen LogP contribution in [-0.2, 0) is 13.0 Å². The fourth-order valence-corrected chi connectivity index (χ4v) is 2.60. The van der Waals surface area contributed by atoms with Crippen LogP contribution >= 0.6 is 0 Å². The Morgan fingerprint density at radius 3 is 2.80 bits per heavy atom. The minimum Gasteiger partial charge on any atom is -0.374 e. The number of carbonyl (C=O) groups excluding carboxylic acids is 1. The van der Waals surface area contributed by atoms with E-state index >= 15 is 0 Å². The highest BCUT2D eigenvalue weighted by Gasteiger charge is 2.15. The van der Waals surface area contributed by atoms with Crippen molar-refractivity contribution in [2.24, 2.45) is 0 Å². The third kappa shape index (κ3) is 2.52. The van der Waals surface area contributed by atoms with Crippen molar-refractivity contribution in [1.29, 1.82) is 0 Å². The largest absolute Gasteiger partial charge is 0.374 e. The van der Waals surface area contributed by atoms with Gasteiger partial charge in [0.2, 0.25) is 0 Å². The molecular weight excluding hydrogens is 248 g/mol. The van der Waals surface area contributed by atoms with Crippen LogP contribution < -0.4 is 10.2 Å². The molecule has 3 heteroatoms. The van der Waals surface area contributed by atoms with Gasteiger partial charge in [0.1, 0.15) is 0 Å². The summed E-state index contributed by atoms with van der Waals surface area (Å²) in [5.74, 6) is -0.0248. The second-order valence-electron chi connectivity index (χ2n) is 5.18. The lowest BCUT2D eigenvalue weighted by molar-refractivity contribution is 0.0951. The molecule has 0 aromatic heterocycles. The quantitative estimate of drug-likeness (QED) is 0.926. The molecule has 0 atom stereocenters. The molecule has 20 heavy (non-hydrogen) atoms. The maximum absolute atomic E-state index is 12.0. The maximum atomic E-state index is 12.0. The van der Waals surface area contributed by atoms with Gasteiger partial charge in [-0.05, 0) is 35.7 Å². The van der Waals surface area contributed by atoms with E-state index in [4.69, 9.17) is 0 Å². The lowest BCUT2D eigenvalue weighted by atomic mass is 10.1. The zero-order chi connectivity index (χ0) is 13.9. The van der Waals surface area contributed by atoms with Crippen LogP contribution in [0.15, 0.2) is 48.5 Å². The number of likely N-dealkylation sites (N-methyl/N-ethyl adjacent to an activating group) is 1. The van der Waals surface area contributed by atoms with Gasteiger partial charge in [-0.3, -0.25) is 4.79 Å². The number of carbonyl (C=O) groups is 1. The van der Waals surface area contributed by atoms with E-state index in [1.807, 2.05) is 30.3 Å². The molecule has 1 aliphatic rings. The van der Waals surface area contributed by atoms with E-state index in [1.165, 1.54) is 11.3 Å². The van der Waals surface area contributed by atoms with E-state index in [-0.39, 0.29) is 5.91 Å². The average molecular weight is 266 g/mol. The summed E-state index contributed by atoms with van der Waals surface area (Å²) in [5, 5.41) is 2.97. The summed E-state index contributed by atoms with van der Waals surface area (Å²) >= 11 is 0. The lowest BCUT2D eigenvalue weighted by Crippen LogP contribution is -2.22. The lowest BCUT2D eigenvalue weighted by Gasteiger charge is -2.12. The molecule has 1 N–H and O–H groups in total. The van der Waals surface area contributed by atoms with Crippen molar-refractivity contribution >= 4 is 11.6 Å². The van der Waals surface area contributed by atoms with Crippen LogP contribution in [0.4, 0.5) is 5.69 Å². The standard InChI is InChI=1S/C17H18N2O/c1-19-10-9-15-11-13(7-8-16(15)19)12-18-17(20)14-5-3-2-4-6-14/h2-8,11H,9-10,12H2,1H3,(H,18,20). The van der Waals surface area contributed by atoms with Crippen LogP contribution in [-0.4, -0.2) is 19.5 Å². The Morgan fingerprint density at radius 1 is 1.20 bits per heavy atom. The van der Waals surface area contributed by atoms with E-state index < -0.39 is 0 Å². The van der Waals surface area contributed by atoms with Crippen LogP contribution in [0, 0.1) is 0 Å². The summed E-state index contributed by atoms with van der Waals surface area (Å²) in [7, 11) is 2.11. The minimum absolute atomic E-state index is 0.0248. The molecule has 0 saturated heterocycles. The Bertz CT molecular complexity index is 622. The van der Waals surface area contributed by atoms with Crippen LogP contribution in [0.2, 0.25) is 0 Å². The number of benzene rings is 2. The molecule has 3 nitrogen and oxygen atoms in total. The van der Waals surface area contributed by atoms with Gasteiger partial charge in [-0.2, -0.15) is 0 Å². The molecule has 0 bridgehead atoms. The van der Waals surface area contributed by atoms with Gasteiger partial charge in [-0.1, -0.05) is 30.3 Å². The number of anilines is 1. The van der Waals surface area contributed by atoms with Gasteiger partial charge in [0.25, 0.3) is 5.91 Å². The van der Waals surface area contributed by atoms with E-state index in [1.54, 1.807) is 0 Å². The van der Waals surface area contributed by atoms with Gasteiger partial charge in [-0.15, -0.1) is 0 Å². The molecule has 3 rings (SSSR count). The highest BCUT2D eigenvalue weighted by Crippen LogP contribution is 2.27. The highest BCUT2D eigenvalue weighted by molar-refractivity contribution is 5.94. The molecule has 0 fully saturated rings. The Labute approximate surface area is 119 Å². The predicted octanol–water partition coefficient (Wildman–Crippen LogP) is 2.61. The predicted molar refractivity (Wildman–Crippen MR) is 81.0 cm³/mol. The zero-order valence-corrected chi connectivity index (χ0v) is 11.6. The molecule has 1 amide bonds. The summed E-state index contributed by atoms with van der Waals surface area (Å²) in [4.78, 5) is 14.2. The normalized spacial score (nSPS) is 13.2. The van der Waals surface area contributed by atoms with Gasteiger partial charge in [-0.25, -0.2) is 0 Å². The Kier molecular flexibility index (Phi) is 3.42. The van der Waals surface area contributed by atoms with Crippen molar-refractivity contribution in [2.75, 3.05) is 18.5 Å². The monoisotopic (exact) mass is 266 g/mol. The molecule has 1 aliphatic heterocycles. The topological polar surface area (TPSA) is 32.3 Å². The second kappa shape index (κ2) is 5.37. The number of fused-ring (bicyclic) bond motifs is 1. The van der Waals surface area contributed by atoms with Crippen molar-refractivity contribution in [1.82, 2.24) is 5.32 Å². The van der Waals surface area contributed by atoms with Gasteiger partial charge < -0.3 is 10.2 Å². The van der Waals surface area contributed by atoms with Gasteiger partial charge in [0.05, 0.1) is 0 Å². The fourth-order valence-electron chi connectivity index (χ4n) is 2.60. The van der Waals surface area contributed by atoms with Crippen LogP contribution in [0.3, 0.4) is 0 Å². The van der Waals surface area contributed by atoms with E-state index in [2.05, 4.69) is 35.5 Å². The van der Waals surface area contributed by atoms with Gasteiger partial charge >= 0.3 is 0 Å². The van der Waals surface area contributed by atoms with Crippen molar-refractivity contribution in [2.45, 2.75) is 13.0 Å². The summed E-state index contributed by atoms with van der Waals surface area (Å²) in [6, 6.07) is 15.7. The first-order valence-electron chi connectivity index (χ1n) is 6.90. The number of nitrogens with one attached hydrogen (secondary N) is 1. The summed E-state index contributed by atoms with van der Waals surface area (Å²) < 4.78 is 0. The molecule has 1 heterocycles. The first kappa shape index (κ1) is 12.7. The Hall–Kier alpha value is -2.29. The van der Waals surface area contributed by atoms with E-state index in [0.717, 1.165) is 18.5 Å². The van der Waals surface area contributed by atoms with Crippen molar-refractivity contribution < 1.29 is 4.79 Å². The fraction of sp³-hybridized carbons (Fsp3) is 0.235. The van der Waals surface area contributed by atoms with E-state index in [0.29, 0.717) is 12.1 Å². The number of rotatable bonds is 3. The highest BCUT2D eigenvalue weighted by atomic mass is 16.1. The molecule has 0 radical (unpaired) electrons. The van der Waals surface area contributed by atoms with Gasteiger partial charge in [0, 0.05) is 31.4 Å². The number of hydrogen-bond acceptors (Lipinski definition) is 2. The molecule has 0 spiro atoms. The molecule has 0 aliphatic carbocycles. The average Bonchev–Trinajstić information content (AvgIpc) is 2.87. The third-order valence-corrected chi connectivity index (χ3v) is 3.76. The van der Waals surface area contributed by atoms with Crippen LogP contribution in [0.5, 0.6) is 0 Å². The Morgan fingerprint density at radius 2 is 2.00 bits per heavy atom. The summed E-state index contributed by atoms with van der Waals surface area (Å²) in [6.07, 6.45) is 1.09. The molecule has 0 unspecified atom stereocenters. The molecule has 2 aromatic carbocycles. The van der Waals surface area contributed by atoms with Crippen LogP contribution in [0.1, 0.15) is 21.5 Å². The molecule has 2 aromatic rings. The molecule has 0 saturated carbocycles. The van der Waals surface area contributed by atoms with Crippen LogP contribution in [0.25, 0.3) is 0 Å². The van der Waals surface area contributed by atoms with Crippen molar-refractivity contribution in [3.05, 3.63) is 65.2 Å². The maximum Gasteiger partial charge on any atom is 0.251 e. The number of hydrogen-bond donors (Lipinski definition) is 1. The zero-order valence-electron chi connectivity index (χ0n) is 11.6. The first-order valence-corrected chi connectivity index (χ1v) is 6.90. The van der Waals surface area contributed by atoms with Crippen molar-refractivity contribution in [3.63, 3.8) is 0 Å². The Balaban J connectivity index is 1.66. The SMILES string of the molecule is CN1CCc2cc(CNC(=O)c3ccccc3)ccc21. The molecule has 102 valence electrons. The first-order chi connectivity index (χ1) is 9.74. The smallest absolute Gasteiger partial charge is 0.251 e. The summed E-state index contributed by atoms with van der Waals surface area (Å²) in [6.45, 7) is 1.65. The van der Waals surface area contributed by atoms with Crippen molar-refractivity contribution in [3.8, 4) is 0 Å². The number of amides is 1. The van der Waals surface area contributed by atoms with Gasteiger partial charge in [0.15, 0.2) is 0 Å². The number of nitrogens with zero attached hydrogens (tertiary/aromatic N) is 1. The minimum atomic E-state index is -0.0248. The second-order valence-corrected chi connectivity index (χ2v) is 5.18. The van der Waals surface area contributed by atoms with E-state index in [9.17, 15) is 4.79 Å². The molecular formula is C17H18N2O.